The standard InChI is InChI=1S/C17H18FNO4S/c1-24(21,22)14-7-8-15(18)16(11-14)19-17(20)9-10-23-12-13-5-3-2-4-6-13/h2-8,11H,9-10,12H2,1H3,(H,19,20). The molecule has 2 aromatic carbocycles. The minimum Gasteiger partial charge on any atom is -0.376 e. The molecule has 0 spiro atoms. The summed E-state index contributed by atoms with van der Waals surface area (Å²) in [5.74, 6) is -1.14. The average molecular weight is 351 g/mol. The number of nitrogens with one attached hydrogen (secondary N) is 1. The number of halogens is 1. The van der Waals surface area contributed by atoms with Crippen LogP contribution in [0.5, 0.6) is 0 Å². The fraction of sp³-hybridized carbons (Fsp3) is 0.235. The fourth-order valence-electron chi connectivity index (χ4n) is 1.97. The highest BCUT2D eigenvalue weighted by Gasteiger charge is 2.13. The highest BCUT2D eigenvalue weighted by atomic mass is 32.2. The van der Waals surface area contributed by atoms with Crippen LogP contribution in [0.1, 0.15) is 12.0 Å². The third-order valence-corrected chi connectivity index (χ3v) is 4.34. The third-order valence-electron chi connectivity index (χ3n) is 3.23. The van der Waals surface area contributed by atoms with E-state index < -0.39 is 21.6 Å². The Labute approximate surface area is 140 Å². The zero-order valence-corrected chi connectivity index (χ0v) is 14.0. The number of anilines is 1. The summed E-state index contributed by atoms with van der Waals surface area (Å²) in [6.07, 6.45) is 1.05. The van der Waals surface area contributed by atoms with E-state index in [9.17, 15) is 17.6 Å². The van der Waals surface area contributed by atoms with Gasteiger partial charge in [-0.05, 0) is 23.8 Å². The molecule has 0 saturated heterocycles. The predicted molar refractivity (Wildman–Crippen MR) is 88.9 cm³/mol. The predicted octanol–water partition coefficient (Wildman–Crippen LogP) is 2.77. The monoisotopic (exact) mass is 351 g/mol. The number of hydrogen-bond acceptors (Lipinski definition) is 4. The van der Waals surface area contributed by atoms with Gasteiger partial charge in [-0.1, -0.05) is 30.3 Å². The summed E-state index contributed by atoms with van der Waals surface area (Å²) in [7, 11) is -3.47. The van der Waals surface area contributed by atoms with Crippen molar-refractivity contribution in [1.82, 2.24) is 0 Å². The minimum absolute atomic E-state index is 0.0371. The quantitative estimate of drug-likeness (QED) is 0.615. The lowest BCUT2D eigenvalue weighted by atomic mass is 10.2. The Kier molecular flexibility index (Phi) is 6.05. The van der Waals surface area contributed by atoms with Gasteiger partial charge in [0.1, 0.15) is 5.82 Å². The highest BCUT2D eigenvalue weighted by molar-refractivity contribution is 7.90. The van der Waals surface area contributed by atoms with E-state index in [0.717, 1.165) is 30.0 Å². The summed E-state index contributed by atoms with van der Waals surface area (Å²) in [5.41, 5.74) is 0.829. The zero-order chi connectivity index (χ0) is 17.6. The van der Waals surface area contributed by atoms with E-state index in [-0.39, 0.29) is 23.6 Å². The summed E-state index contributed by atoms with van der Waals surface area (Å²) < 4.78 is 42.0. The van der Waals surface area contributed by atoms with E-state index in [2.05, 4.69) is 5.32 Å². The molecular formula is C17H18FNO4S. The van der Waals surface area contributed by atoms with E-state index in [0.29, 0.717) is 6.61 Å². The maximum Gasteiger partial charge on any atom is 0.226 e. The number of amides is 1. The van der Waals surface area contributed by atoms with E-state index in [1.807, 2.05) is 30.3 Å². The van der Waals surface area contributed by atoms with Crippen molar-refractivity contribution >= 4 is 21.4 Å². The first kappa shape index (κ1) is 18.1. The molecule has 0 bridgehead atoms. The fourth-order valence-corrected chi connectivity index (χ4v) is 2.62. The van der Waals surface area contributed by atoms with Gasteiger partial charge in [0.2, 0.25) is 5.91 Å². The van der Waals surface area contributed by atoms with Crippen LogP contribution in [0.4, 0.5) is 10.1 Å². The lowest BCUT2D eigenvalue weighted by Gasteiger charge is -2.09. The topological polar surface area (TPSA) is 72.5 Å². The van der Waals surface area contributed by atoms with Gasteiger partial charge < -0.3 is 10.1 Å². The average Bonchev–Trinajstić information content (AvgIpc) is 2.53. The number of benzene rings is 2. The van der Waals surface area contributed by atoms with Crippen molar-refractivity contribution in [1.29, 1.82) is 0 Å². The van der Waals surface area contributed by atoms with Gasteiger partial charge >= 0.3 is 0 Å². The molecule has 0 heterocycles. The van der Waals surface area contributed by atoms with E-state index in [1.54, 1.807) is 0 Å². The first-order valence-corrected chi connectivity index (χ1v) is 9.16. The molecule has 7 heteroatoms. The largest absolute Gasteiger partial charge is 0.376 e. The molecule has 0 radical (unpaired) electrons. The van der Waals surface area contributed by atoms with Gasteiger partial charge in [0, 0.05) is 6.26 Å². The zero-order valence-electron chi connectivity index (χ0n) is 13.2. The van der Waals surface area contributed by atoms with Crippen LogP contribution < -0.4 is 5.32 Å². The molecule has 128 valence electrons. The molecule has 0 atom stereocenters. The van der Waals surface area contributed by atoms with Gasteiger partial charge in [0.15, 0.2) is 9.84 Å². The molecule has 2 rings (SSSR count). The van der Waals surface area contributed by atoms with Crippen molar-refractivity contribution in [2.24, 2.45) is 0 Å². The second-order valence-electron chi connectivity index (χ2n) is 5.25. The van der Waals surface area contributed by atoms with Gasteiger partial charge in [0.05, 0.1) is 30.2 Å². The lowest BCUT2D eigenvalue weighted by Crippen LogP contribution is -2.15. The van der Waals surface area contributed by atoms with Crippen LogP contribution in [-0.4, -0.2) is 27.2 Å². The van der Waals surface area contributed by atoms with Crippen LogP contribution in [0.15, 0.2) is 53.4 Å². The van der Waals surface area contributed by atoms with E-state index in [4.69, 9.17) is 4.74 Å². The summed E-state index contributed by atoms with van der Waals surface area (Å²) in [5, 5.41) is 2.36. The molecule has 0 aliphatic rings. The van der Waals surface area contributed by atoms with Gasteiger partial charge in [0.25, 0.3) is 0 Å². The second kappa shape index (κ2) is 8.03. The summed E-state index contributed by atoms with van der Waals surface area (Å²) >= 11 is 0. The van der Waals surface area contributed by atoms with Crippen LogP contribution in [0.25, 0.3) is 0 Å². The van der Waals surface area contributed by atoms with Crippen LogP contribution in [-0.2, 0) is 26.0 Å². The number of carbonyl (C=O) groups is 1. The molecule has 5 nitrogen and oxygen atoms in total. The summed E-state index contributed by atoms with van der Waals surface area (Å²) in [6, 6.07) is 12.8. The molecule has 0 aliphatic heterocycles. The molecule has 0 fully saturated rings. The maximum atomic E-state index is 13.7. The van der Waals surface area contributed by atoms with Gasteiger partial charge in [-0.25, -0.2) is 12.8 Å². The Morgan fingerprint density at radius 3 is 2.54 bits per heavy atom. The Morgan fingerprint density at radius 2 is 1.88 bits per heavy atom. The Hall–Kier alpha value is -2.25. The number of carbonyl (C=O) groups excluding carboxylic acids is 1. The van der Waals surface area contributed by atoms with Crippen molar-refractivity contribution in [3.8, 4) is 0 Å². The van der Waals surface area contributed by atoms with Crippen LogP contribution >= 0.6 is 0 Å². The van der Waals surface area contributed by atoms with Crippen molar-refractivity contribution in [3.63, 3.8) is 0 Å². The molecule has 0 unspecified atom stereocenters. The van der Waals surface area contributed by atoms with Crippen LogP contribution in [0, 0.1) is 5.82 Å². The van der Waals surface area contributed by atoms with Crippen molar-refractivity contribution in [2.45, 2.75) is 17.9 Å². The van der Waals surface area contributed by atoms with Crippen LogP contribution in [0.2, 0.25) is 0 Å². The first-order chi connectivity index (χ1) is 11.4. The molecule has 1 amide bonds. The van der Waals surface area contributed by atoms with Crippen LogP contribution in [0.3, 0.4) is 0 Å². The minimum atomic E-state index is -3.47. The lowest BCUT2D eigenvalue weighted by molar-refractivity contribution is -0.117. The second-order valence-corrected chi connectivity index (χ2v) is 7.27. The van der Waals surface area contributed by atoms with Gasteiger partial charge in [-0.3, -0.25) is 4.79 Å². The molecule has 2 aromatic rings. The number of sulfone groups is 1. The Bertz CT molecular complexity index is 807. The molecule has 24 heavy (non-hydrogen) atoms. The SMILES string of the molecule is CS(=O)(=O)c1ccc(F)c(NC(=O)CCOCc2ccccc2)c1. The smallest absolute Gasteiger partial charge is 0.226 e. The normalized spacial score (nSPS) is 11.2. The maximum absolute atomic E-state index is 13.7. The van der Waals surface area contributed by atoms with Crippen molar-refractivity contribution in [3.05, 3.63) is 59.9 Å². The van der Waals surface area contributed by atoms with Crippen molar-refractivity contribution in [2.75, 3.05) is 18.2 Å². The third kappa shape index (κ3) is 5.43. The van der Waals surface area contributed by atoms with E-state index >= 15 is 0 Å². The summed E-state index contributed by atoms with van der Waals surface area (Å²) in [4.78, 5) is 11.8. The number of ether oxygens (including phenoxy) is 1. The van der Waals surface area contributed by atoms with Gasteiger partial charge in [-0.2, -0.15) is 0 Å². The molecule has 0 aliphatic carbocycles. The molecular weight excluding hydrogens is 333 g/mol. The van der Waals surface area contributed by atoms with E-state index in [1.165, 1.54) is 0 Å². The number of rotatable bonds is 7. The highest BCUT2D eigenvalue weighted by Crippen LogP contribution is 2.19. The van der Waals surface area contributed by atoms with Gasteiger partial charge in [-0.15, -0.1) is 0 Å². The first-order valence-electron chi connectivity index (χ1n) is 7.27. The summed E-state index contributed by atoms with van der Waals surface area (Å²) in [6.45, 7) is 0.556. The Morgan fingerprint density at radius 1 is 1.17 bits per heavy atom. The molecule has 0 saturated carbocycles. The number of hydrogen-bond donors (Lipinski definition) is 1. The van der Waals surface area contributed by atoms with Crippen molar-refractivity contribution < 1.29 is 22.3 Å². The molecule has 1 N–H and O–H groups in total. The Balaban J connectivity index is 1.86. The molecule has 0 aromatic heterocycles.